The Morgan fingerprint density at radius 2 is 1.88 bits per heavy atom. The van der Waals surface area contributed by atoms with Gasteiger partial charge in [0.2, 0.25) is 0 Å². The summed E-state index contributed by atoms with van der Waals surface area (Å²) in [6.45, 7) is 1.21. The summed E-state index contributed by atoms with van der Waals surface area (Å²) in [7, 11) is 0. The van der Waals surface area contributed by atoms with Crippen LogP contribution < -0.4 is 27.8 Å². The number of nitrogens with two attached hydrogens (primary N) is 2. The molecule has 17 heavy (non-hydrogen) atoms. The van der Waals surface area contributed by atoms with E-state index in [-0.39, 0.29) is 17.5 Å². The van der Waals surface area contributed by atoms with E-state index in [9.17, 15) is 9.59 Å². The molecule has 0 aromatic carbocycles. The van der Waals surface area contributed by atoms with Gasteiger partial charge in [0.15, 0.2) is 5.82 Å². The summed E-state index contributed by atoms with van der Waals surface area (Å²) in [5.41, 5.74) is 4.25. The molecule has 0 amide bonds. The van der Waals surface area contributed by atoms with Crippen molar-refractivity contribution in [2.45, 2.75) is 18.9 Å². The fourth-order valence-corrected chi connectivity index (χ4v) is 1.83. The minimum atomic E-state index is -0.633. The Morgan fingerprint density at radius 3 is 2.53 bits per heavy atom. The van der Waals surface area contributed by atoms with Crippen LogP contribution in [0.25, 0.3) is 0 Å². The van der Waals surface area contributed by atoms with E-state index in [2.05, 4.69) is 4.98 Å². The van der Waals surface area contributed by atoms with Gasteiger partial charge in [-0.3, -0.25) is 19.8 Å². The molecule has 0 saturated carbocycles. The summed E-state index contributed by atoms with van der Waals surface area (Å²) in [5, 5.41) is 1.34. The van der Waals surface area contributed by atoms with Gasteiger partial charge < -0.3 is 10.5 Å². The van der Waals surface area contributed by atoms with Crippen molar-refractivity contribution < 1.29 is 4.74 Å². The fourth-order valence-electron chi connectivity index (χ4n) is 1.83. The Morgan fingerprint density at radius 1 is 1.24 bits per heavy atom. The lowest BCUT2D eigenvalue weighted by Crippen LogP contribution is -2.47. The summed E-state index contributed by atoms with van der Waals surface area (Å²) < 4.78 is 5.21. The standard InChI is InChI=1S/C9H15N5O3/c10-6-7(12-9(16)13-8(6)15)14(11)5-1-3-17-4-2-5/h5H,1-4,10-11H2,(H2,12,13,15,16). The van der Waals surface area contributed by atoms with Crippen molar-refractivity contribution in [1.29, 1.82) is 0 Å². The number of hydrazine groups is 1. The van der Waals surface area contributed by atoms with Gasteiger partial charge in [-0.1, -0.05) is 0 Å². The lowest BCUT2D eigenvalue weighted by atomic mass is 10.1. The first-order chi connectivity index (χ1) is 8.09. The topological polar surface area (TPSA) is 130 Å². The van der Waals surface area contributed by atoms with Crippen molar-refractivity contribution in [1.82, 2.24) is 9.97 Å². The van der Waals surface area contributed by atoms with Crippen LogP contribution in [0.3, 0.4) is 0 Å². The number of ether oxygens (including phenoxy) is 1. The van der Waals surface area contributed by atoms with Crippen LogP contribution in [0.4, 0.5) is 11.5 Å². The maximum atomic E-state index is 11.3. The Hall–Kier alpha value is -1.80. The van der Waals surface area contributed by atoms with Gasteiger partial charge in [0.25, 0.3) is 5.56 Å². The minimum Gasteiger partial charge on any atom is -0.391 e. The molecule has 0 bridgehead atoms. The van der Waals surface area contributed by atoms with Crippen molar-refractivity contribution in [3.63, 3.8) is 0 Å². The largest absolute Gasteiger partial charge is 0.391 e. The Labute approximate surface area is 96.5 Å². The zero-order valence-electron chi connectivity index (χ0n) is 9.23. The number of hydrogen-bond acceptors (Lipinski definition) is 6. The van der Waals surface area contributed by atoms with Crippen LogP contribution >= 0.6 is 0 Å². The van der Waals surface area contributed by atoms with Crippen LogP contribution in [0.1, 0.15) is 12.8 Å². The monoisotopic (exact) mass is 241 g/mol. The highest BCUT2D eigenvalue weighted by atomic mass is 16.5. The SMILES string of the molecule is Nc1c(N(N)C2CCOCC2)[nH]c(=O)[nH]c1=O. The molecule has 0 unspecified atom stereocenters. The predicted molar refractivity (Wildman–Crippen MR) is 62.6 cm³/mol. The van der Waals surface area contributed by atoms with E-state index < -0.39 is 11.2 Å². The van der Waals surface area contributed by atoms with Crippen molar-refractivity contribution in [3.05, 3.63) is 20.8 Å². The molecular formula is C9H15N5O3. The molecule has 0 atom stereocenters. The van der Waals surface area contributed by atoms with Gasteiger partial charge in [0.05, 0.1) is 6.04 Å². The van der Waals surface area contributed by atoms with Gasteiger partial charge in [-0.25, -0.2) is 10.6 Å². The summed E-state index contributed by atoms with van der Waals surface area (Å²) >= 11 is 0. The summed E-state index contributed by atoms with van der Waals surface area (Å²) in [4.78, 5) is 27.0. The maximum absolute atomic E-state index is 11.3. The highest BCUT2D eigenvalue weighted by molar-refractivity contribution is 5.60. The third-order valence-electron chi connectivity index (χ3n) is 2.80. The molecule has 1 fully saturated rings. The van der Waals surface area contributed by atoms with Crippen molar-refractivity contribution in [3.8, 4) is 0 Å². The molecule has 2 heterocycles. The number of nitrogens with one attached hydrogen (secondary N) is 2. The molecule has 0 spiro atoms. The van der Waals surface area contributed by atoms with Crippen LogP contribution in [-0.4, -0.2) is 29.2 Å². The first-order valence-corrected chi connectivity index (χ1v) is 5.33. The number of nitrogen functional groups attached to an aromatic ring is 1. The average molecular weight is 241 g/mol. The van der Waals surface area contributed by atoms with Crippen LogP contribution in [0.15, 0.2) is 9.59 Å². The van der Waals surface area contributed by atoms with E-state index in [1.807, 2.05) is 4.98 Å². The fraction of sp³-hybridized carbons (Fsp3) is 0.556. The smallest absolute Gasteiger partial charge is 0.327 e. The van der Waals surface area contributed by atoms with Gasteiger partial charge in [0.1, 0.15) is 5.69 Å². The second-order valence-corrected chi connectivity index (χ2v) is 3.92. The molecule has 94 valence electrons. The molecule has 1 aliphatic rings. The van der Waals surface area contributed by atoms with E-state index in [4.69, 9.17) is 16.3 Å². The molecule has 0 radical (unpaired) electrons. The third kappa shape index (κ3) is 2.32. The third-order valence-corrected chi connectivity index (χ3v) is 2.80. The zero-order valence-corrected chi connectivity index (χ0v) is 9.23. The second-order valence-electron chi connectivity index (χ2n) is 3.92. The van der Waals surface area contributed by atoms with Crippen LogP contribution in [0, 0.1) is 0 Å². The number of aromatic amines is 2. The van der Waals surface area contributed by atoms with Gasteiger partial charge in [-0.15, -0.1) is 0 Å². The Balaban J connectivity index is 2.32. The Bertz CT molecular complexity index is 502. The number of rotatable bonds is 2. The number of aromatic nitrogens is 2. The molecule has 1 aromatic heterocycles. The number of hydrogen-bond donors (Lipinski definition) is 4. The minimum absolute atomic E-state index is 0.00324. The highest BCUT2D eigenvalue weighted by Crippen LogP contribution is 2.19. The van der Waals surface area contributed by atoms with Crippen molar-refractivity contribution in [2.24, 2.45) is 5.84 Å². The van der Waals surface area contributed by atoms with Gasteiger partial charge in [-0.2, -0.15) is 0 Å². The number of H-pyrrole nitrogens is 2. The van der Waals surface area contributed by atoms with Gasteiger partial charge in [-0.05, 0) is 12.8 Å². The van der Waals surface area contributed by atoms with Crippen molar-refractivity contribution >= 4 is 11.5 Å². The highest BCUT2D eigenvalue weighted by Gasteiger charge is 2.22. The van der Waals surface area contributed by atoms with Gasteiger partial charge in [0, 0.05) is 13.2 Å². The number of anilines is 2. The van der Waals surface area contributed by atoms with Gasteiger partial charge >= 0.3 is 5.69 Å². The Kier molecular flexibility index (Phi) is 3.16. The van der Waals surface area contributed by atoms with E-state index in [0.717, 1.165) is 12.8 Å². The quantitative estimate of drug-likeness (QED) is 0.368. The average Bonchev–Trinajstić information content (AvgIpc) is 2.34. The number of nitrogens with zero attached hydrogens (tertiary/aromatic N) is 1. The van der Waals surface area contributed by atoms with Crippen molar-refractivity contribution in [2.75, 3.05) is 24.0 Å². The van der Waals surface area contributed by atoms with Crippen LogP contribution in [0.5, 0.6) is 0 Å². The molecule has 8 nitrogen and oxygen atoms in total. The predicted octanol–water partition coefficient (Wildman–Crippen LogP) is -1.50. The first-order valence-electron chi connectivity index (χ1n) is 5.33. The molecule has 6 N–H and O–H groups in total. The van der Waals surface area contributed by atoms with E-state index >= 15 is 0 Å². The normalized spacial score (nSPS) is 17.0. The summed E-state index contributed by atoms with van der Waals surface area (Å²) in [5.74, 6) is 6.04. The van der Waals surface area contributed by atoms with E-state index in [0.29, 0.717) is 13.2 Å². The zero-order chi connectivity index (χ0) is 12.4. The second kappa shape index (κ2) is 4.60. The molecular weight excluding hydrogens is 226 g/mol. The van der Waals surface area contributed by atoms with E-state index in [1.165, 1.54) is 5.01 Å². The molecule has 1 aliphatic heterocycles. The maximum Gasteiger partial charge on any atom is 0.327 e. The molecule has 8 heteroatoms. The molecule has 1 saturated heterocycles. The van der Waals surface area contributed by atoms with Crippen LogP contribution in [-0.2, 0) is 4.74 Å². The molecule has 2 rings (SSSR count). The summed E-state index contributed by atoms with van der Waals surface area (Å²) in [6, 6.07) is 0.00324. The first kappa shape index (κ1) is 11.7. The molecule has 0 aliphatic carbocycles. The summed E-state index contributed by atoms with van der Waals surface area (Å²) in [6.07, 6.45) is 1.45. The lowest BCUT2D eigenvalue weighted by Gasteiger charge is -2.31. The lowest BCUT2D eigenvalue weighted by molar-refractivity contribution is 0.0843. The van der Waals surface area contributed by atoms with Crippen LogP contribution in [0.2, 0.25) is 0 Å². The molecule has 1 aromatic rings. The van der Waals surface area contributed by atoms with E-state index in [1.54, 1.807) is 0 Å².